The van der Waals surface area contributed by atoms with E-state index in [1.807, 2.05) is 12.1 Å². The standard InChI is InChI=1S/C15H20Cl2N2O2/c16-11-7-10(8-12(17)9-11)5-6-18-15(21)19-13-1-3-14(20)4-2-13/h7-9,13-14,20H,1-6H2,(H2,18,19,21). The average Bonchev–Trinajstić information content (AvgIpc) is 2.40. The number of hydrogen-bond acceptors (Lipinski definition) is 2. The number of halogens is 2. The molecule has 0 aromatic heterocycles. The molecule has 0 spiro atoms. The molecule has 116 valence electrons. The monoisotopic (exact) mass is 330 g/mol. The van der Waals surface area contributed by atoms with Crippen LogP contribution >= 0.6 is 23.2 Å². The summed E-state index contributed by atoms with van der Waals surface area (Å²) in [5.41, 5.74) is 0.994. The van der Waals surface area contributed by atoms with Crippen molar-refractivity contribution >= 4 is 29.2 Å². The van der Waals surface area contributed by atoms with Crippen LogP contribution in [0.5, 0.6) is 0 Å². The lowest BCUT2D eigenvalue weighted by atomic mass is 9.93. The molecule has 21 heavy (non-hydrogen) atoms. The van der Waals surface area contributed by atoms with Crippen molar-refractivity contribution < 1.29 is 9.90 Å². The molecule has 1 aliphatic rings. The molecule has 3 N–H and O–H groups in total. The van der Waals surface area contributed by atoms with Crippen molar-refractivity contribution in [3.8, 4) is 0 Å². The Morgan fingerprint density at radius 1 is 1.14 bits per heavy atom. The predicted molar refractivity (Wildman–Crippen MR) is 85.0 cm³/mol. The van der Waals surface area contributed by atoms with Crippen molar-refractivity contribution in [3.63, 3.8) is 0 Å². The summed E-state index contributed by atoms with van der Waals surface area (Å²) in [6.45, 7) is 0.526. The molecule has 0 atom stereocenters. The zero-order chi connectivity index (χ0) is 15.2. The zero-order valence-corrected chi connectivity index (χ0v) is 13.3. The van der Waals surface area contributed by atoms with E-state index in [1.165, 1.54) is 0 Å². The average molecular weight is 331 g/mol. The van der Waals surface area contributed by atoms with Crippen molar-refractivity contribution in [3.05, 3.63) is 33.8 Å². The van der Waals surface area contributed by atoms with E-state index in [2.05, 4.69) is 10.6 Å². The largest absolute Gasteiger partial charge is 0.393 e. The van der Waals surface area contributed by atoms with E-state index in [-0.39, 0.29) is 18.2 Å². The maximum Gasteiger partial charge on any atom is 0.315 e. The summed E-state index contributed by atoms with van der Waals surface area (Å²) in [5.74, 6) is 0. The Kier molecular flexibility index (Phi) is 6.15. The Morgan fingerprint density at radius 3 is 2.38 bits per heavy atom. The van der Waals surface area contributed by atoms with E-state index >= 15 is 0 Å². The Morgan fingerprint density at radius 2 is 1.76 bits per heavy atom. The normalized spacial score (nSPS) is 21.9. The van der Waals surface area contributed by atoms with Crippen molar-refractivity contribution in [2.45, 2.75) is 44.2 Å². The van der Waals surface area contributed by atoms with Gasteiger partial charge in [-0.3, -0.25) is 0 Å². The van der Waals surface area contributed by atoms with Gasteiger partial charge in [0.25, 0.3) is 0 Å². The first-order valence-electron chi connectivity index (χ1n) is 7.20. The summed E-state index contributed by atoms with van der Waals surface area (Å²) in [5, 5.41) is 16.4. The third-order valence-corrected chi connectivity index (χ3v) is 4.09. The van der Waals surface area contributed by atoms with Gasteiger partial charge in [0.05, 0.1) is 6.10 Å². The van der Waals surface area contributed by atoms with Crippen LogP contribution < -0.4 is 10.6 Å². The van der Waals surface area contributed by atoms with E-state index in [9.17, 15) is 9.90 Å². The number of benzene rings is 1. The van der Waals surface area contributed by atoms with Crippen LogP contribution in [0.2, 0.25) is 10.0 Å². The van der Waals surface area contributed by atoms with Gasteiger partial charge in [-0.2, -0.15) is 0 Å². The Bertz CT molecular complexity index is 468. The predicted octanol–water partition coefficient (Wildman–Crippen LogP) is 3.14. The summed E-state index contributed by atoms with van der Waals surface area (Å²) in [6.07, 6.45) is 3.64. The number of rotatable bonds is 4. The first-order valence-corrected chi connectivity index (χ1v) is 7.96. The molecule has 0 bridgehead atoms. The van der Waals surface area contributed by atoms with Crippen LogP contribution in [-0.4, -0.2) is 29.8 Å². The number of nitrogens with one attached hydrogen (secondary N) is 2. The highest BCUT2D eigenvalue weighted by Crippen LogP contribution is 2.19. The minimum atomic E-state index is -0.210. The maximum atomic E-state index is 11.8. The summed E-state index contributed by atoms with van der Waals surface area (Å²) in [6, 6.07) is 5.37. The fourth-order valence-corrected chi connectivity index (χ4v) is 3.10. The number of amides is 2. The van der Waals surface area contributed by atoms with Crippen LogP contribution in [0.3, 0.4) is 0 Å². The zero-order valence-electron chi connectivity index (χ0n) is 11.7. The molecule has 2 amide bonds. The lowest BCUT2D eigenvalue weighted by molar-refractivity contribution is 0.117. The second-order valence-electron chi connectivity index (χ2n) is 5.43. The van der Waals surface area contributed by atoms with Crippen LogP contribution in [0.4, 0.5) is 4.79 Å². The van der Waals surface area contributed by atoms with Gasteiger partial charge in [-0.15, -0.1) is 0 Å². The molecule has 0 aliphatic heterocycles. The van der Waals surface area contributed by atoms with Gasteiger partial charge in [0.2, 0.25) is 0 Å². The van der Waals surface area contributed by atoms with Gasteiger partial charge in [-0.25, -0.2) is 4.79 Å². The highest BCUT2D eigenvalue weighted by Gasteiger charge is 2.20. The number of hydrogen-bond donors (Lipinski definition) is 3. The molecular weight excluding hydrogens is 311 g/mol. The van der Waals surface area contributed by atoms with E-state index in [4.69, 9.17) is 23.2 Å². The SMILES string of the molecule is O=C(NCCc1cc(Cl)cc(Cl)c1)NC1CCC(O)CC1. The van der Waals surface area contributed by atoms with E-state index in [0.29, 0.717) is 23.0 Å². The molecular formula is C15H20Cl2N2O2. The number of carbonyl (C=O) groups is 1. The highest BCUT2D eigenvalue weighted by atomic mass is 35.5. The maximum absolute atomic E-state index is 11.8. The molecule has 1 saturated carbocycles. The summed E-state index contributed by atoms with van der Waals surface area (Å²) >= 11 is 11.9. The molecule has 0 radical (unpaired) electrons. The first-order chi connectivity index (χ1) is 10.0. The van der Waals surface area contributed by atoms with Gasteiger partial charge in [-0.1, -0.05) is 23.2 Å². The number of urea groups is 1. The molecule has 0 unspecified atom stereocenters. The molecule has 0 saturated heterocycles. The van der Waals surface area contributed by atoms with Crippen molar-refractivity contribution in [1.82, 2.24) is 10.6 Å². The lowest BCUT2D eigenvalue weighted by Gasteiger charge is -2.26. The molecule has 2 rings (SSSR count). The molecule has 1 fully saturated rings. The van der Waals surface area contributed by atoms with Crippen LogP contribution in [0.1, 0.15) is 31.2 Å². The number of aliphatic hydroxyl groups excluding tert-OH is 1. The number of aliphatic hydroxyl groups is 1. The first kappa shape index (κ1) is 16.4. The van der Waals surface area contributed by atoms with Crippen LogP contribution in [-0.2, 0) is 6.42 Å². The van der Waals surface area contributed by atoms with Gasteiger partial charge < -0.3 is 15.7 Å². The van der Waals surface area contributed by atoms with Crippen LogP contribution in [0.25, 0.3) is 0 Å². The molecule has 1 aliphatic carbocycles. The fraction of sp³-hybridized carbons (Fsp3) is 0.533. The van der Waals surface area contributed by atoms with Gasteiger partial charge in [0.15, 0.2) is 0 Å². The minimum absolute atomic E-state index is 0.161. The fourth-order valence-electron chi connectivity index (χ4n) is 2.53. The Labute approximate surface area is 134 Å². The third kappa shape index (κ3) is 5.73. The smallest absolute Gasteiger partial charge is 0.315 e. The van der Waals surface area contributed by atoms with E-state index in [1.54, 1.807) is 6.07 Å². The minimum Gasteiger partial charge on any atom is -0.393 e. The van der Waals surface area contributed by atoms with Crippen molar-refractivity contribution in [2.24, 2.45) is 0 Å². The van der Waals surface area contributed by atoms with Crippen molar-refractivity contribution in [2.75, 3.05) is 6.54 Å². The van der Waals surface area contributed by atoms with Gasteiger partial charge in [0, 0.05) is 22.6 Å². The van der Waals surface area contributed by atoms with Crippen LogP contribution in [0.15, 0.2) is 18.2 Å². The quantitative estimate of drug-likeness (QED) is 0.794. The lowest BCUT2D eigenvalue weighted by Crippen LogP contribution is -2.44. The molecule has 4 nitrogen and oxygen atoms in total. The molecule has 0 heterocycles. The highest BCUT2D eigenvalue weighted by molar-refractivity contribution is 6.34. The van der Waals surface area contributed by atoms with E-state index in [0.717, 1.165) is 31.2 Å². The Hall–Kier alpha value is -0.970. The molecule has 1 aromatic carbocycles. The van der Waals surface area contributed by atoms with Gasteiger partial charge in [0.1, 0.15) is 0 Å². The topological polar surface area (TPSA) is 61.4 Å². The Balaban J connectivity index is 1.69. The summed E-state index contributed by atoms with van der Waals surface area (Å²) < 4.78 is 0. The second-order valence-corrected chi connectivity index (χ2v) is 6.31. The van der Waals surface area contributed by atoms with Gasteiger partial charge >= 0.3 is 6.03 Å². The molecule has 6 heteroatoms. The van der Waals surface area contributed by atoms with Crippen LogP contribution in [0, 0.1) is 0 Å². The van der Waals surface area contributed by atoms with Crippen molar-refractivity contribution in [1.29, 1.82) is 0 Å². The number of carbonyl (C=O) groups excluding carboxylic acids is 1. The summed E-state index contributed by atoms with van der Waals surface area (Å²) in [7, 11) is 0. The third-order valence-electron chi connectivity index (χ3n) is 3.65. The molecule has 1 aromatic rings. The summed E-state index contributed by atoms with van der Waals surface area (Å²) in [4.78, 5) is 11.8. The van der Waals surface area contributed by atoms with Gasteiger partial charge in [-0.05, 0) is 55.9 Å². The second kappa shape index (κ2) is 7.87. The van der Waals surface area contributed by atoms with E-state index < -0.39 is 0 Å².